The molecule has 4 rings (SSSR count). The number of halogens is 1. The van der Waals surface area contributed by atoms with E-state index in [2.05, 4.69) is 4.98 Å². The van der Waals surface area contributed by atoms with Gasteiger partial charge < -0.3 is 9.32 Å². The van der Waals surface area contributed by atoms with Crippen LogP contribution in [0.3, 0.4) is 0 Å². The van der Waals surface area contributed by atoms with Crippen molar-refractivity contribution in [3.8, 4) is 0 Å². The Morgan fingerprint density at radius 3 is 2.68 bits per heavy atom. The van der Waals surface area contributed by atoms with Gasteiger partial charge in [0, 0.05) is 23.7 Å². The number of hydrogen-bond donors (Lipinski definition) is 0. The van der Waals surface area contributed by atoms with Crippen molar-refractivity contribution < 1.29 is 9.21 Å². The van der Waals surface area contributed by atoms with Crippen molar-refractivity contribution in [2.45, 2.75) is 12.3 Å². The lowest BCUT2D eigenvalue weighted by Gasteiger charge is -2.16. The Balaban J connectivity index is 1.62. The van der Waals surface area contributed by atoms with E-state index in [1.807, 2.05) is 36.4 Å². The summed E-state index contributed by atoms with van der Waals surface area (Å²) in [7, 11) is 0. The second-order valence-electron chi connectivity index (χ2n) is 5.40. The van der Waals surface area contributed by atoms with Crippen LogP contribution < -0.4 is 4.90 Å². The number of carbonyl (C=O) groups is 1. The van der Waals surface area contributed by atoms with E-state index in [0.29, 0.717) is 23.9 Å². The Kier molecular flexibility index (Phi) is 3.12. The molecule has 0 N–H and O–H groups in total. The zero-order valence-electron chi connectivity index (χ0n) is 11.7. The van der Waals surface area contributed by atoms with Crippen LogP contribution in [0.25, 0.3) is 11.1 Å². The average molecular weight is 313 g/mol. The number of oxazole rings is 1. The molecule has 2 aromatic carbocycles. The van der Waals surface area contributed by atoms with Crippen molar-refractivity contribution in [1.82, 2.24) is 4.98 Å². The first-order valence-electron chi connectivity index (χ1n) is 7.12. The molecule has 1 atom stereocenters. The van der Waals surface area contributed by atoms with Gasteiger partial charge in [-0.1, -0.05) is 23.7 Å². The van der Waals surface area contributed by atoms with Crippen molar-refractivity contribution in [3.63, 3.8) is 0 Å². The molecule has 1 aliphatic heterocycles. The van der Waals surface area contributed by atoms with Gasteiger partial charge in [-0.3, -0.25) is 4.79 Å². The second kappa shape index (κ2) is 5.14. The van der Waals surface area contributed by atoms with E-state index in [-0.39, 0.29) is 11.8 Å². The van der Waals surface area contributed by atoms with Gasteiger partial charge in [0.25, 0.3) is 0 Å². The Hall–Kier alpha value is -2.33. The van der Waals surface area contributed by atoms with Crippen molar-refractivity contribution in [2.24, 2.45) is 0 Å². The molecule has 0 bridgehead atoms. The van der Waals surface area contributed by atoms with Gasteiger partial charge >= 0.3 is 0 Å². The van der Waals surface area contributed by atoms with Crippen LogP contribution >= 0.6 is 11.6 Å². The lowest BCUT2D eigenvalue weighted by Crippen LogP contribution is -2.24. The van der Waals surface area contributed by atoms with Gasteiger partial charge in [-0.05, 0) is 36.4 Å². The van der Waals surface area contributed by atoms with Crippen molar-refractivity contribution >= 4 is 34.3 Å². The van der Waals surface area contributed by atoms with Crippen LogP contribution in [0.4, 0.5) is 5.69 Å². The minimum absolute atomic E-state index is 0.0180. The van der Waals surface area contributed by atoms with Gasteiger partial charge in [0.15, 0.2) is 5.58 Å². The van der Waals surface area contributed by atoms with Crippen LogP contribution in [0, 0.1) is 0 Å². The molecular weight excluding hydrogens is 300 g/mol. The fourth-order valence-electron chi connectivity index (χ4n) is 2.81. The van der Waals surface area contributed by atoms with Gasteiger partial charge in [0.2, 0.25) is 11.8 Å². The van der Waals surface area contributed by atoms with Gasteiger partial charge in [-0.25, -0.2) is 4.98 Å². The number of rotatable bonds is 2. The zero-order chi connectivity index (χ0) is 15.1. The van der Waals surface area contributed by atoms with Crippen LogP contribution in [0.1, 0.15) is 18.2 Å². The van der Waals surface area contributed by atoms with Crippen molar-refractivity contribution in [3.05, 3.63) is 59.4 Å². The Bertz CT molecular complexity index is 808. The summed E-state index contributed by atoms with van der Waals surface area (Å²) in [5, 5.41) is 0.658. The lowest BCUT2D eigenvalue weighted by molar-refractivity contribution is -0.117. The third-order valence-electron chi connectivity index (χ3n) is 3.92. The number of aromatic nitrogens is 1. The summed E-state index contributed by atoms with van der Waals surface area (Å²) in [5.41, 5.74) is 2.44. The van der Waals surface area contributed by atoms with E-state index >= 15 is 0 Å². The maximum Gasteiger partial charge on any atom is 0.227 e. The second-order valence-corrected chi connectivity index (χ2v) is 5.84. The monoisotopic (exact) mass is 312 g/mol. The maximum atomic E-state index is 12.3. The van der Waals surface area contributed by atoms with E-state index in [9.17, 15) is 4.79 Å². The summed E-state index contributed by atoms with van der Waals surface area (Å²) in [6, 6.07) is 14.9. The summed E-state index contributed by atoms with van der Waals surface area (Å²) >= 11 is 5.90. The molecular formula is C17H13ClN2O2. The third-order valence-corrected chi connectivity index (χ3v) is 4.17. The highest BCUT2D eigenvalue weighted by Gasteiger charge is 2.34. The highest BCUT2D eigenvalue weighted by atomic mass is 35.5. The first-order valence-corrected chi connectivity index (χ1v) is 7.50. The number of amides is 1. The van der Waals surface area contributed by atoms with Crippen molar-refractivity contribution in [1.29, 1.82) is 0 Å². The predicted molar refractivity (Wildman–Crippen MR) is 85.2 cm³/mol. The van der Waals surface area contributed by atoms with Gasteiger partial charge in [-0.2, -0.15) is 0 Å². The lowest BCUT2D eigenvalue weighted by atomic mass is 10.1. The fraction of sp³-hybridized carbons (Fsp3) is 0.176. The van der Waals surface area contributed by atoms with Crippen LogP contribution in [0.5, 0.6) is 0 Å². The molecule has 0 saturated carbocycles. The van der Waals surface area contributed by atoms with Crippen LogP contribution in [-0.4, -0.2) is 17.4 Å². The molecule has 1 unspecified atom stereocenters. The normalized spacial score (nSPS) is 18.3. The molecule has 5 heteroatoms. The number of carbonyl (C=O) groups excluding carboxylic acids is 1. The number of fused-ring (bicyclic) bond motifs is 1. The fourth-order valence-corrected chi connectivity index (χ4v) is 2.93. The molecule has 22 heavy (non-hydrogen) atoms. The molecule has 4 nitrogen and oxygen atoms in total. The number of nitrogens with zero attached hydrogens (tertiary/aromatic N) is 2. The number of hydrogen-bond acceptors (Lipinski definition) is 3. The first kappa shape index (κ1) is 13.3. The van der Waals surface area contributed by atoms with Gasteiger partial charge in [0.1, 0.15) is 5.52 Å². The predicted octanol–water partition coefficient (Wildman–Crippen LogP) is 4.00. The Morgan fingerprint density at radius 2 is 1.91 bits per heavy atom. The largest absolute Gasteiger partial charge is 0.440 e. The molecule has 1 fully saturated rings. The first-order chi connectivity index (χ1) is 10.7. The summed E-state index contributed by atoms with van der Waals surface area (Å²) in [4.78, 5) is 18.5. The molecule has 1 amide bonds. The molecule has 0 aliphatic carbocycles. The van der Waals surface area contributed by atoms with Crippen LogP contribution in [-0.2, 0) is 4.79 Å². The molecule has 1 aromatic heterocycles. The van der Waals surface area contributed by atoms with E-state index < -0.39 is 0 Å². The summed E-state index contributed by atoms with van der Waals surface area (Å²) in [5.74, 6) is 0.691. The molecule has 0 radical (unpaired) electrons. The van der Waals surface area contributed by atoms with Crippen LogP contribution in [0.2, 0.25) is 5.02 Å². The van der Waals surface area contributed by atoms with E-state index in [1.165, 1.54) is 0 Å². The molecule has 2 heterocycles. The summed E-state index contributed by atoms with van der Waals surface area (Å²) < 4.78 is 5.79. The van der Waals surface area contributed by atoms with Gasteiger partial charge in [-0.15, -0.1) is 0 Å². The quantitative estimate of drug-likeness (QED) is 0.718. The smallest absolute Gasteiger partial charge is 0.227 e. The highest BCUT2D eigenvalue weighted by Crippen LogP contribution is 2.33. The molecule has 0 spiro atoms. The van der Waals surface area contributed by atoms with Crippen LogP contribution in [0.15, 0.2) is 52.9 Å². The van der Waals surface area contributed by atoms with E-state index in [4.69, 9.17) is 16.0 Å². The Morgan fingerprint density at radius 1 is 1.14 bits per heavy atom. The molecule has 1 aliphatic rings. The number of benzene rings is 2. The average Bonchev–Trinajstić information content (AvgIpc) is 3.11. The highest BCUT2D eigenvalue weighted by molar-refractivity contribution is 6.30. The molecule has 1 saturated heterocycles. The van der Waals surface area contributed by atoms with Crippen molar-refractivity contribution in [2.75, 3.05) is 11.4 Å². The molecule has 110 valence electrons. The zero-order valence-corrected chi connectivity index (χ0v) is 12.5. The number of anilines is 1. The summed E-state index contributed by atoms with van der Waals surface area (Å²) in [6.45, 7) is 0.577. The minimum atomic E-state index is -0.0180. The topological polar surface area (TPSA) is 46.3 Å². The van der Waals surface area contributed by atoms with E-state index in [1.54, 1.807) is 17.0 Å². The SMILES string of the molecule is O=C1CC(c2nc3ccccc3o2)CN1c1ccc(Cl)cc1. The Labute approximate surface area is 132 Å². The van der Waals surface area contributed by atoms with E-state index in [0.717, 1.165) is 16.8 Å². The standard InChI is InChI=1S/C17H13ClN2O2/c18-12-5-7-13(8-6-12)20-10-11(9-16(20)21)17-19-14-3-1-2-4-15(14)22-17/h1-8,11H,9-10H2. The van der Waals surface area contributed by atoms with Gasteiger partial charge in [0.05, 0.1) is 5.92 Å². The minimum Gasteiger partial charge on any atom is -0.440 e. The maximum absolute atomic E-state index is 12.3. The third kappa shape index (κ3) is 2.25. The molecule has 3 aromatic rings. The summed E-state index contributed by atoms with van der Waals surface area (Å²) in [6.07, 6.45) is 0.412. The number of para-hydroxylation sites is 2.